The van der Waals surface area contributed by atoms with E-state index < -0.39 is 0 Å². The van der Waals surface area contributed by atoms with Crippen LogP contribution in [0.3, 0.4) is 0 Å². The fourth-order valence-electron chi connectivity index (χ4n) is 2.07. The molecular formula is C13H26N2O2. The van der Waals surface area contributed by atoms with Crippen molar-refractivity contribution in [3.8, 4) is 0 Å². The zero-order chi connectivity index (χ0) is 12.8. The highest BCUT2D eigenvalue weighted by Gasteiger charge is 2.32. The standard InChI is InChI=1S/C13H26N2O2/c1-4-10(2)9-11(3)14-13(17)15(7-8-16)12-5-6-12/h10-12,16H,4-9H2,1-3H3,(H,14,17). The second kappa shape index (κ2) is 6.84. The van der Waals surface area contributed by atoms with Gasteiger partial charge in [-0.3, -0.25) is 0 Å². The lowest BCUT2D eigenvalue weighted by Gasteiger charge is -2.25. The molecule has 1 saturated carbocycles. The summed E-state index contributed by atoms with van der Waals surface area (Å²) in [5, 5.41) is 12.0. The molecule has 0 saturated heterocycles. The average Bonchev–Trinajstić information content (AvgIpc) is 3.09. The Labute approximate surface area is 104 Å². The van der Waals surface area contributed by atoms with Gasteiger partial charge in [-0.2, -0.15) is 0 Å². The van der Waals surface area contributed by atoms with Crippen molar-refractivity contribution >= 4 is 6.03 Å². The summed E-state index contributed by atoms with van der Waals surface area (Å²) in [6, 6.07) is 0.549. The van der Waals surface area contributed by atoms with Gasteiger partial charge in [-0.25, -0.2) is 4.79 Å². The third kappa shape index (κ3) is 4.94. The lowest BCUT2D eigenvalue weighted by molar-refractivity contribution is 0.169. The molecule has 0 aromatic carbocycles. The number of amides is 2. The Morgan fingerprint density at radius 1 is 1.47 bits per heavy atom. The molecule has 0 bridgehead atoms. The summed E-state index contributed by atoms with van der Waals surface area (Å²) in [4.78, 5) is 13.8. The first kappa shape index (κ1) is 14.3. The van der Waals surface area contributed by atoms with E-state index in [1.54, 1.807) is 4.90 Å². The van der Waals surface area contributed by atoms with Crippen LogP contribution in [-0.2, 0) is 0 Å². The Hall–Kier alpha value is -0.770. The molecule has 1 aliphatic rings. The van der Waals surface area contributed by atoms with Crippen molar-refractivity contribution in [3.63, 3.8) is 0 Å². The van der Waals surface area contributed by atoms with Gasteiger partial charge in [-0.1, -0.05) is 20.3 Å². The summed E-state index contributed by atoms with van der Waals surface area (Å²) in [7, 11) is 0. The molecule has 0 aromatic heterocycles. The van der Waals surface area contributed by atoms with Crippen LogP contribution < -0.4 is 5.32 Å². The molecule has 100 valence electrons. The first-order valence-electron chi connectivity index (χ1n) is 6.76. The molecule has 2 unspecified atom stereocenters. The molecule has 1 aliphatic carbocycles. The Bertz CT molecular complexity index is 242. The van der Waals surface area contributed by atoms with Crippen LogP contribution in [0.5, 0.6) is 0 Å². The van der Waals surface area contributed by atoms with Gasteiger partial charge in [0.1, 0.15) is 0 Å². The largest absolute Gasteiger partial charge is 0.395 e. The SMILES string of the molecule is CCC(C)CC(C)NC(=O)N(CCO)C1CC1. The Morgan fingerprint density at radius 2 is 2.12 bits per heavy atom. The van der Waals surface area contributed by atoms with Crippen LogP contribution in [0.25, 0.3) is 0 Å². The van der Waals surface area contributed by atoms with Crippen LogP contribution >= 0.6 is 0 Å². The van der Waals surface area contributed by atoms with Crippen LogP contribution in [0.4, 0.5) is 4.79 Å². The van der Waals surface area contributed by atoms with Crippen LogP contribution in [0, 0.1) is 5.92 Å². The molecule has 17 heavy (non-hydrogen) atoms. The predicted octanol–water partition coefficient (Wildman–Crippen LogP) is 1.98. The number of aliphatic hydroxyl groups is 1. The van der Waals surface area contributed by atoms with Gasteiger partial charge in [0.2, 0.25) is 0 Å². The summed E-state index contributed by atoms with van der Waals surface area (Å²) in [6.07, 6.45) is 4.31. The van der Waals surface area contributed by atoms with E-state index >= 15 is 0 Å². The smallest absolute Gasteiger partial charge is 0.317 e. The van der Waals surface area contributed by atoms with Gasteiger partial charge < -0.3 is 15.3 Å². The van der Waals surface area contributed by atoms with Crippen molar-refractivity contribution < 1.29 is 9.90 Å². The average molecular weight is 242 g/mol. The van der Waals surface area contributed by atoms with Crippen LogP contribution in [0.2, 0.25) is 0 Å². The minimum absolute atomic E-state index is 0.0163. The number of carbonyl (C=O) groups is 1. The summed E-state index contributed by atoms with van der Waals surface area (Å²) in [6.45, 7) is 6.92. The normalized spacial score (nSPS) is 18.6. The highest BCUT2D eigenvalue weighted by atomic mass is 16.3. The van der Waals surface area contributed by atoms with E-state index in [4.69, 9.17) is 5.11 Å². The number of hydrogen-bond acceptors (Lipinski definition) is 2. The number of carbonyl (C=O) groups excluding carboxylic acids is 1. The van der Waals surface area contributed by atoms with Gasteiger partial charge in [-0.05, 0) is 32.1 Å². The van der Waals surface area contributed by atoms with Crippen LogP contribution in [0.1, 0.15) is 46.5 Å². The first-order valence-corrected chi connectivity index (χ1v) is 6.76. The van der Waals surface area contributed by atoms with Gasteiger partial charge in [0.15, 0.2) is 0 Å². The maximum Gasteiger partial charge on any atom is 0.317 e. The molecule has 4 heteroatoms. The zero-order valence-electron chi connectivity index (χ0n) is 11.3. The van der Waals surface area contributed by atoms with E-state index in [2.05, 4.69) is 19.2 Å². The number of hydrogen-bond donors (Lipinski definition) is 2. The van der Waals surface area contributed by atoms with E-state index in [-0.39, 0.29) is 18.7 Å². The molecular weight excluding hydrogens is 216 g/mol. The minimum atomic E-state index is -0.0163. The van der Waals surface area contributed by atoms with Crippen molar-refractivity contribution in [2.75, 3.05) is 13.2 Å². The Kier molecular flexibility index (Phi) is 5.75. The Morgan fingerprint density at radius 3 is 2.59 bits per heavy atom. The van der Waals surface area contributed by atoms with Crippen LogP contribution in [-0.4, -0.2) is 41.3 Å². The number of nitrogens with one attached hydrogen (secondary N) is 1. The predicted molar refractivity (Wildman–Crippen MR) is 68.9 cm³/mol. The maximum atomic E-state index is 12.0. The monoisotopic (exact) mass is 242 g/mol. The number of urea groups is 1. The minimum Gasteiger partial charge on any atom is -0.395 e. The van der Waals surface area contributed by atoms with Crippen molar-refractivity contribution in [2.24, 2.45) is 5.92 Å². The molecule has 0 radical (unpaired) electrons. The maximum absolute atomic E-state index is 12.0. The highest BCUT2D eigenvalue weighted by molar-refractivity contribution is 5.75. The molecule has 0 spiro atoms. The van der Waals surface area contributed by atoms with Crippen molar-refractivity contribution in [2.45, 2.75) is 58.5 Å². The Balaban J connectivity index is 2.35. The quantitative estimate of drug-likeness (QED) is 0.717. The third-order valence-corrected chi connectivity index (χ3v) is 3.41. The molecule has 0 aliphatic heterocycles. The number of rotatable bonds is 7. The fourth-order valence-corrected chi connectivity index (χ4v) is 2.07. The van der Waals surface area contributed by atoms with Crippen molar-refractivity contribution in [1.82, 2.24) is 10.2 Å². The summed E-state index contributed by atoms with van der Waals surface area (Å²) in [5.74, 6) is 0.637. The molecule has 0 heterocycles. The van der Waals surface area contributed by atoms with E-state index in [9.17, 15) is 4.79 Å². The third-order valence-electron chi connectivity index (χ3n) is 3.41. The first-order chi connectivity index (χ1) is 8.08. The van der Waals surface area contributed by atoms with Gasteiger partial charge in [0.05, 0.1) is 6.61 Å². The molecule has 4 nitrogen and oxygen atoms in total. The molecule has 2 N–H and O–H groups in total. The van der Waals surface area contributed by atoms with Crippen molar-refractivity contribution in [3.05, 3.63) is 0 Å². The van der Waals surface area contributed by atoms with E-state index in [0.29, 0.717) is 18.5 Å². The second-order valence-corrected chi connectivity index (χ2v) is 5.25. The van der Waals surface area contributed by atoms with Gasteiger partial charge in [0.25, 0.3) is 0 Å². The summed E-state index contributed by atoms with van der Waals surface area (Å²) < 4.78 is 0. The van der Waals surface area contributed by atoms with Gasteiger partial charge in [-0.15, -0.1) is 0 Å². The molecule has 2 atom stereocenters. The molecule has 1 rings (SSSR count). The molecule has 2 amide bonds. The molecule has 0 aromatic rings. The van der Waals surface area contributed by atoms with Crippen LogP contribution in [0.15, 0.2) is 0 Å². The van der Waals surface area contributed by atoms with E-state index in [1.165, 1.54) is 0 Å². The zero-order valence-corrected chi connectivity index (χ0v) is 11.3. The number of aliphatic hydroxyl groups excluding tert-OH is 1. The topological polar surface area (TPSA) is 52.6 Å². The van der Waals surface area contributed by atoms with E-state index in [0.717, 1.165) is 25.7 Å². The van der Waals surface area contributed by atoms with E-state index in [1.807, 2.05) is 6.92 Å². The summed E-state index contributed by atoms with van der Waals surface area (Å²) in [5.41, 5.74) is 0. The number of nitrogens with zero attached hydrogens (tertiary/aromatic N) is 1. The van der Waals surface area contributed by atoms with Gasteiger partial charge >= 0.3 is 6.03 Å². The fraction of sp³-hybridized carbons (Fsp3) is 0.923. The summed E-state index contributed by atoms with van der Waals surface area (Å²) >= 11 is 0. The van der Waals surface area contributed by atoms with Crippen molar-refractivity contribution in [1.29, 1.82) is 0 Å². The lowest BCUT2D eigenvalue weighted by atomic mass is 10.0. The second-order valence-electron chi connectivity index (χ2n) is 5.25. The lowest BCUT2D eigenvalue weighted by Crippen LogP contribution is -2.46. The molecule has 1 fully saturated rings. The highest BCUT2D eigenvalue weighted by Crippen LogP contribution is 2.26. The van der Waals surface area contributed by atoms with Gasteiger partial charge in [0, 0.05) is 18.6 Å².